The first-order chi connectivity index (χ1) is 19.5. The lowest BCUT2D eigenvalue weighted by Gasteiger charge is -2.45. The Balaban J connectivity index is 2.40. The highest BCUT2D eigenvalue weighted by Gasteiger charge is 2.53. The SMILES string of the molecule is CCCC(OC1OC(COC(C)=O)C(OC(C)=O)C(OC(C)=O)C1OC(C)=O)C(OC)C(C)COc1ccccc1. The van der Waals surface area contributed by atoms with Gasteiger partial charge in [0.25, 0.3) is 0 Å². The third-order valence-electron chi connectivity index (χ3n) is 6.29. The van der Waals surface area contributed by atoms with Gasteiger partial charge in [-0.15, -0.1) is 0 Å². The molecular weight excluding hydrogens is 540 g/mol. The molecule has 8 atom stereocenters. The Morgan fingerprint density at radius 1 is 0.854 bits per heavy atom. The quantitative estimate of drug-likeness (QED) is 0.222. The van der Waals surface area contributed by atoms with Gasteiger partial charge in [-0.2, -0.15) is 0 Å². The Bertz CT molecular complexity index is 983. The zero-order valence-electron chi connectivity index (χ0n) is 24.7. The number of esters is 4. The van der Waals surface area contributed by atoms with Crippen LogP contribution in [0.15, 0.2) is 30.3 Å². The van der Waals surface area contributed by atoms with Crippen molar-refractivity contribution in [1.29, 1.82) is 0 Å². The fourth-order valence-electron chi connectivity index (χ4n) is 4.65. The minimum Gasteiger partial charge on any atom is -0.493 e. The van der Waals surface area contributed by atoms with Crippen molar-refractivity contribution < 1.29 is 57.1 Å². The largest absolute Gasteiger partial charge is 0.493 e. The first-order valence-corrected chi connectivity index (χ1v) is 13.6. The normalized spacial score (nSPS) is 24.3. The van der Waals surface area contributed by atoms with Gasteiger partial charge in [0.1, 0.15) is 18.5 Å². The van der Waals surface area contributed by atoms with Crippen LogP contribution in [0.1, 0.15) is 54.4 Å². The molecule has 0 saturated carbocycles. The molecule has 1 aromatic rings. The van der Waals surface area contributed by atoms with Crippen LogP contribution in [0.2, 0.25) is 0 Å². The number of carbonyl (C=O) groups is 4. The molecule has 2 rings (SSSR count). The van der Waals surface area contributed by atoms with Crippen LogP contribution in [0.4, 0.5) is 0 Å². The van der Waals surface area contributed by atoms with E-state index in [2.05, 4.69) is 0 Å². The van der Waals surface area contributed by atoms with Gasteiger partial charge >= 0.3 is 23.9 Å². The van der Waals surface area contributed by atoms with E-state index in [1.54, 1.807) is 7.11 Å². The van der Waals surface area contributed by atoms with Crippen molar-refractivity contribution in [3.8, 4) is 5.75 Å². The predicted octanol–water partition coefficient (Wildman–Crippen LogP) is 2.98. The molecule has 230 valence electrons. The number of hydrogen-bond donors (Lipinski definition) is 0. The number of carbonyl (C=O) groups excluding carboxylic acids is 4. The molecule has 0 aliphatic carbocycles. The molecule has 1 aliphatic rings. The van der Waals surface area contributed by atoms with Crippen LogP contribution in [0, 0.1) is 5.92 Å². The summed E-state index contributed by atoms with van der Waals surface area (Å²) in [7, 11) is 1.56. The summed E-state index contributed by atoms with van der Waals surface area (Å²) < 4.78 is 45.9. The van der Waals surface area contributed by atoms with Gasteiger partial charge in [0.05, 0.1) is 18.8 Å². The Morgan fingerprint density at radius 2 is 1.44 bits per heavy atom. The fourth-order valence-corrected chi connectivity index (χ4v) is 4.65. The van der Waals surface area contributed by atoms with Gasteiger partial charge in [-0.1, -0.05) is 38.5 Å². The van der Waals surface area contributed by atoms with Crippen molar-refractivity contribution in [3.05, 3.63) is 30.3 Å². The number of benzene rings is 1. The second kappa shape index (κ2) is 16.9. The van der Waals surface area contributed by atoms with Crippen molar-refractivity contribution in [3.63, 3.8) is 0 Å². The molecule has 0 N–H and O–H groups in total. The van der Waals surface area contributed by atoms with Crippen molar-refractivity contribution >= 4 is 23.9 Å². The molecular formula is C29H42O12. The molecule has 1 aromatic carbocycles. The maximum absolute atomic E-state index is 12.2. The maximum Gasteiger partial charge on any atom is 0.303 e. The maximum atomic E-state index is 12.2. The predicted molar refractivity (Wildman–Crippen MR) is 144 cm³/mol. The lowest BCUT2D eigenvalue weighted by molar-refractivity contribution is -0.324. The van der Waals surface area contributed by atoms with Crippen LogP contribution in [0.5, 0.6) is 5.75 Å². The molecule has 1 saturated heterocycles. The van der Waals surface area contributed by atoms with E-state index in [0.717, 1.165) is 13.8 Å². The average molecular weight is 583 g/mol. The van der Waals surface area contributed by atoms with Gasteiger partial charge in [-0.05, 0) is 18.6 Å². The number of ether oxygens (including phenoxy) is 8. The Morgan fingerprint density at radius 3 is 1.98 bits per heavy atom. The smallest absolute Gasteiger partial charge is 0.303 e. The zero-order valence-corrected chi connectivity index (χ0v) is 24.7. The second-order valence-corrected chi connectivity index (χ2v) is 9.83. The van der Waals surface area contributed by atoms with Gasteiger partial charge in [0.2, 0.25) is 0 Å². The third-order valence-corrected chi connectivity index (χ3v) is 6.29. The highest BCUT2D eigenvalue weighted by atomic mass is 16.7. The Labute approximate surface area is 240 Å². The summed E-state index contributed by atoms with van der Waals surface area (Å²) in [5, 5.41) is 0. The van der Waals surface area contributed by atoms with Gasteiger partial charge < -0.3 is 37.9 Å². The van der Waals surface area contributed by atoms with Gasteiger partial charge in [0, 0.05) is 40.7 Å². The van der Waals surface area contributed by atoms with Crippen LogP contribution < -0.4 is 4.74 Å². The van der Waals surface area contributed by atoms with Crippen LogP contribution in [0.3, 0.4) is 0 Å². The van der Waals surface area contributed by atoms with Gasteiger partial charge in [-0.25, -0.2) is 0 Å². The number of hydrogen-bond acceptors (Lipinski definition) is 12. The van der Waals surface area contributed by atoms with Crippen molar-refractivity contribution in [1.82, 2.24) is 0 Å². The number of rotatable bonds is 15. The van der Waals surface area contributed by atoms with Crippen LogP contribution >= 0.6 is 0 Å². The van der Waals surface area contributed by atoms with E-state index in [9.17, 15) is 19.2 Å². The molecule has 0 spiro atoms. The molecule has 0 radical (unpaired) electrons. The van der Waals surface area contributed by atoms with Crippen LogP contribution in [-0.4, -0.2) is 87.1 Å². The fraction of sp³-hybridized carbons (Fsp3) is 0.655. The van der Waals surface area contributed by atoms with E-state index in [-0.39, 0.29) is 12.5 Å². The summed E-state index contributed by atoms with van der Waals surface area (Å²) in [6.07, 6.45) is -6.13. The summed E-state index contributed by atoms with van der Waals surface area (Å²) in [5.74, 6) is -2.18. The van der Waals surface area contributed by atoms with Crippen molar-refractivity contribution in [2.24, 2.45) is 5.92 Å². The average Bonchev–Trinajstić information content (AvgIpc) is 2.90. The van der Waals surface area contributed by atoms with E-state index in [0.29, 0.717) is 25.2 Å². The minimum absolute atomic E-state index is 0.151. The lowest BCUT2D eigenvalue weighted by atomic mass is 9.95. The topological polar surface area (TPSA) is 142 Å². The van der Waals surface area contributed by atoms with E-state index < -0.39 is 66.8 Å². The molecule has 41 heavy (non-hydrogen) atoms. The number of methoxy groups -OCH3 is 1. The summed E-state index contributed by atoms with van der Waals surface area (Å²) in [6, 6.07) is 9.35. The molecule has 1 aliphatic heterocycles. The molecule has 1 heterocycles. The molecule has 12 heteroatoms. The van der Waals surface area contributed by atoms with E-state index >= 15 is 0 Å². The third kappa shape index (κ3) is 10.9. The minimum atomic E-state index is -1.32. The summed E-state index contributed by atoms with van der Waals surface area (Å²) >= 11 is 0. The highest BCUT2D eigenvalue weighted by Crippen LogP contribution is 2.32. The lowest BCUT2D eigenvalue weighted by Crippen LogP contribution is -2.63. The van der Waals surface area contributed by atoms with Gasteiger partial charge in [0.15, 0.2) is 24.6 Å². The summed E-state index contributed by atoms with van der Waals surface area (Å²) in [6.45, 7) is 8.63. The van der Waals surface area contributed by atoms with Crippen LogP contribution in [0.25, 0.3) is 0 Å². The second-order valence-electron chi connectivity index (χ2n) is 9.83. The van der Waals surface area contributed by atoms with Crippen LogP contribution in [-0.2, 0) is 52.3 Å². The Hall–Kier alpha value is -3.22. The highest BCUT2D eigenvalue weighted by molar-refractivity contribution is 5.68. The summed E-state index contributed by atoms with van der Waals surface area (Å²) in [4.78, 5) is 47.8. The van der Waals surface area contributed by atoms with Crippen molar-refractivity contribution in [2.75, 3.05) is 20.3 Å². The number of para-hydroxylation sites is 1. The van der Waals surface area contributed by atoms with E-state index in [4.69, 9.17) is 37.9 Å². The monoisotopic (exact) mass is 582 g/mol. The molecule has 1 fully saturated rings. The first-order valence-electron chi connectivity index (χ1n) is 13.6. The molecule has 12 nitrogen and oxygen atoms in total. The zero-order chi connectivity index (χ0) is 30.5. The molecule has 8 unspecified atom stereocenters. The molecule has 0 bridgehead atoms. The molecule has 0 amide bonds. The first kappa shape index (κ1) is 34.0. The van der Waals surface area contributed by atoms with Crippen molar-refractivity contribution in [2.45, 2.75) is 97.3 Å². The molecule has 0 aromatic heterocycles. The van der Waals surface area contributed by atoms with Gasteiger partial charge in [-0.3, -0.25) is 19.2 Å². The van der Waals surface area contributed by atoms with E-state index in [1.807, 2.05) is 44.2 Å². The summed E-state index contributed by atoms with van der Waals surface area (Å²) in [5.41, 5.74) is 0. The van der Waals surface area contributed by atoms with E-state index in [1.165, 1.54) is 13.8 Å². The standard InChI is InChI=1S/C29H42O12/c1-8-12-23(25(34-7)17(2)15-36-22-13-10-9-11-14-22)40-29-28(39-21(6)33)27(38-20(5)32)26(37-19(4)31)24(41-29)16-35-18(3)30/h9-11,13-14,17,23-29H,8,12,15-16H2,1-7H3. The Kier molecular flexibility index (Phi) is 14.0.